The van der Waals surface area contributed by atoms with E-state index in [0.29, 0.717) is 22.1 Å². The molecule has 3 rings (SSSR count). The van der Waals surface area contributed by atoms with E-state index < -0.39 is 0 Å². The van der Waals surface area contributed by atoms with E-state index in [4.69, 9.17) is 17.3 Å². The first-order chi connectivity index (χ1) is 10.2. The zero-order chi connectivity index (χ0) is 14.8. The molecule has 0 aliphatic carbocycles. The Morgan fingerprint density at radius 1 is 1.24 bits per heavy atom. The largest absolute Gasteiger partial charge is 0.383 e. The maximum atomic E-state index is 12.4. The summed E-state index contributed by atoms with van der Waals surface area (Å²) in [6.07, 6.45) is 0. The van der Waals surface area contributed by atoms with Crippen molar-refractivity contribution in [2.24, 2.45) is 0 Å². The topological polar surface area (TPSA) is 87.0 Å². The smallest absolute Gasteiger partial charge is 0.262 e. The normalized spacial score (nSPS) is 15.2. The van der Waals surface area contributed by atoms with Gasteiger partial charge in [0.25, 0.3) is 5.56 Å². The van der Waals surface area contributed by atoms with Crippen LogP contribution >= 0.6 is 11.6 Å². The van der Waals surface area contributed by atoms with Crippen molar-refractivity contribution in [2.45, 2.75) is 0 Å². The highest BCUT2D eigenvalue weighted by atomic mass is 35.5. The Kier molecular flexibility index (Phi) is 3.81. The lowest BCUT2D eigenvalue weighted by molar-refractivity contribution is 0.579. The van der Waals surface area contributed by atoms with E-state index in [1.54, 1.807) is 18.2 Å². The summed E-state index contributed by atoms with van der Waals surface area (Å²) >= 11 is 6.14. The quantitative estimate of drug-likeness (QED) is 0.773. The SMILES string of the molecule is Nc1nc(N2CCNCC2)[nH]c(=O)c1-c1ccccc1Cl. The van der Waals surface area contributed by atoms with E-state index in [2.05, 4.69) is 15.3 Å². The summed E-state index contributed by atoms with van der Waals surface area (Å²) < 4.78 is 0. The standard InChI is InChI=1S/C14H16ClN5O/c15-10-4-2-1-3-9(10)11-12(16)18-14(19-13(11)21)20-7-5-17-6-8-20/h1-4,17H,5-8H2,(H3,16,18,19,21). The number of nitrogens with one attached hydrogen (secondary N) is 2. The minimum atomic E-state index is -0.274. The van der Waals surface area contributed by atoms with E-state index in [1.165, 1.54) is 0 Å². The van der Waals surface area contributed by atoms with Gasteiger partial charge in [-0.25, -0.2) is 0 Å². The first kappa shape index (κ1) is 13.9. The average molecular weight is 306 g/mol. The molecule has 0 amide bonds. The van der Waals surface area contributed by atoms with Gasteiger partial charge in [-0.1, -0.05) is 29.8 Å². The molecule has 1 aliphatic heterocycles. The van der Waals surface area contributed by atoms with Crippen molar-refractivity contribution in [3.05, 3.63) is 39.6 Å². The lowest BCUT2D eigenvalue weighted by Crippen LogP contribution is -2.44. The van der Waals surface area contributed by atoms with E-state index in [-0.39, 0.29) is 11.4 Å². The number of aromatic amines is 1. The van der Waals surface area contributed by atoms with Gasteiger partial charge in [0.05, 0.1) is 5.56 Å². The number of H-pyrrole nitrogens is 1. The van der Waals surface area contributed by atoms with Crippen LogP contribution in [-0.2, 0) is 0 Å². The third-order valence-corrected chi connectivity index (χ3v) is 3.82. The van der Waals surface area contributed by atoms with Gasteiger partial charge in [0.2, 0.25) is 5.95 Å². The summed E-state index contributed by atoms with van der Waals surface area (Å²) in [5.41, 5.74) is 6.64. The van der Waals surface area contributed by atoms with Crippen molar-refractivity contribution < 1.29 is 0 Å². The van der Waals surface area contributed by atoms with Crippen molar-refractivity contribution >= 4 is 23.4 Å². The van der Waals surface area contributed by atoms with Crippen LogP contribution in [0, 0.1) is 0 Å². The van der Waals surface area contributed by atoms with Crippen LogP contribution in [-0.4, -0.2) is 36.1 Å². The van der Waals surface area contributed by atoms with Gasteiger partial charge in [0.1, 0.15) is 5.82 Å². The predicted molar refractivity (Wildman–Crippen MR) is 84.8 cm³/mol. The second kappa shape index (κ2) is 5.75. The van der Waals surface area contributed by atoms with Gasteiger partial charge in [-0.15, -0.1) is 0 Å². The molecule has 1 aliphatic rings. The summed E-state index contributed by atoms with van der Waals surface area (Å²) in [4.78, 5) is 21.5. The third-order valence-electron chi connectivity index (χ3n) is 3.49. The van der Waals surface area contributed by atoms with Crippen LogP contribution in [0.4, 0.5) is 11.8 Å². The fraction of sp³-hybridized carbons (Fsp3) is 0.286. The summed E-state index contributed by atoms with van der Waals surface area (Å²) in [6, 6.07) is 7.10. The number of hydrogen-bond donors (Lipinski definition) is 3. The predicted octanol–water partition coefficient (Wildman–Crippen LogP) is 1.08. The monoisotopic (exact) mass is 305 g/mol. The second-order valence-electron chi connectivity index (χ2n) is 4.87. The third kappa shape index (κ3) is 2.72. The molecule has 1 aromatic heterocycles. The van der Waals surface area contributed by atoms with E-state index in [1.807, 2.05) is 11.0 Å². The van der Waals surface area contributed by atoms with Crippen LogP contribution in [0.5, 0.6) is 0 Å². The highest BCUT2D eigenvalue weighted by Gasteiger charge is 2.18. The molecule has 0 radical (unpaired) electrons. The number of piperazine rings is 1. The van der Waals surface area contributed by atoms with E-state index in [0.717, 1.165) is 26.2 Å². The van der Waals surface area contributed by atoms with Crippen LogP contribution in [0.15, 0.2) is 29.1 Å². The number of anilines is 2. The molecule has 7 heteroatoms. The van der Waals surface area contributed by atoms with Crippen molar-refractivity contribution in [1.82, 2.24) is 15.3 Å². The number of aromatic nitrogens is 2. The minimum Gasteiger partial charge on any atom is -0.383 e. The maximum absolute atomic E-state index is 12.4. The number of halogens is 1. The van der Waals surface area contributed by atoms with Crippen molar-refractivity contribution in [3.8, 4) is 11.1 Å². The van der Waals surface area contributed by atoms with Crippen molar-refractivity contribution in [1.29, 1.82) is 0 Å². The molecule has 4 N–H and O–H groups in total. The van der Waals surface area contributed by atoms with Crippen LogP contribution in [0.3, 0.4) is 0 Å². The average Bonchev–Trinajstić information content (AvgIpc) is 2.49. The first-order valence-corrected chi connectivity index (χ1v) is 7.15. The van der Waals surface area contributed by atoms with Crippen molar-refractivity contribution in [2.75, 3.05) is 36.8 Å². The fourth-order valence-electron chi connectivity index (χ4n) is 2.43. The lowest BCUT2D eigenvalue weighted by Gasteiger charge is -2.28. The number of hydrogen-bond acceptors (Lipinski definition) is 5. The Bertz CT molecular complexity index is 709. The number of nitrogens with two attached hydrogens (primary N) is 1. The Balaban J connectivity index is 2.05. The number of nitrogen functional groups attached to an aromatic ring is 1. The Hall–Kier alpha value is -2.05. The molecule has 1 aromatic carbocycles. The van der Waals surface area contributed by atoms with Gasteiger partial charge in [-0.05, 0) is 6.07 Å². The van der Waals surface area contributed by atoms with Gasteiger partial charge in [-0.3, -0.25) is 9.78 Å². The fourth-order valence-corrected chi connectivity index (χ4v) is 2.66. The summed E-state index contributed by atoms with van der Waals surface area (Å²) in [5.74, 6) is 0.704. The molecular formula is C14H16ClN5O. The van der Waals surface area contributed by atoms with Crippen LogP contribution in [0.2, 0.25) is 5.02 Å². The molecule has 6 nitrogen and oxygen atoms in total. The molecular weight excluding hydrogens is 290 g/mol. The van der Waals surface area contributed by atoms with Crippen LogP contribution in [0.25, 0.3) is 11.1 Å². The molecule has 2 aromatic rings. The molecule has 21 heavy (non-hydrogen) atoms. The summed E-state index contributed by atoms with van der Waals surface area (Å²) in [6.45, 7) is 3.29. The lowest BCUT2D eigenvalue weighted by atomic mass is 10.1. The molecule has 1 fully saturated rings. The summed E-state index contributed by atoms with van der Waals surface area (Å²) in [7, 11) is 0. The number of benzene rings is 1. The number of rotatable bonds is 2. The molecule has 1 saturated heterocycles. The molecule has 0 spiro atoms. The highest BCUT2D eigenvalue weighted by molar-refractivity contribution is 6.33. The van der Waals surface area contributed by atoms with E-state index >= 15 is 0 Å². The van der Waals surface area contributed by atoms with E-state index in [9.17, 15) is 4.79 Å². The van der Waals surface area contributed by atoms with Gasteiger partial charge in [0, 0.05) is 36.8 Å². The zero-order valence-electron chi connectivity index (χ0n) is 11.4. The highest BCUT2D eigenvalue weighted by Crippen LogP contribution is 2.28. The van der Waals surface area contributed by atoms with Gasteiger partial charge >= 0.3 is 0 Å². The molecule has 110 valence electrons. The minimum absolute atomic E-state index is 0.195. The Morgan fingerprint density at radius 3 is 2.62 bits per heavy atom. The van der Waals surface area contributed by atoms with Gasteiger partial charge in [0.15, 0.2) is 0 Å². The number of nitrogens with zero attached hydrogens (tertiary/aromatic N) is 2. The molecule has 2 heterocycles. The Morgan fingerprint density at radius 2 is 1.95 bits per heavy atom. The second-order valence-corrected chi connectivity index (χ2v) is 5.27. The molecule has 0 unspecified atom stereocenters. The van der Waals surface area contributed by atoms with Crippen LogP contribution in [0.1, 0.15) is 0 Å². The molecule has 0 saturated carbocycles. The van der Waals surface area contributed by atoms with Crippen molar-refractivity contribution in [3.63, 3.8) is 0 Å². The summed E-state index contributed by atoms with van der Waals surface area (Å²) in [5, 5.41) is 3.73. The van der Waals surface area contributed by atoms with Gasteiger partial charge in [-0.2, -0.15) is 4.98 Å². The van der Waals surface area contributed by atoms with Crippen LogP contribution < -0.4 is 21.5 Å². The van der Waals surface area contributed by atoms with Gasteiger partial charge < -0.3 is 16.0 Å². The zero-order valence-corrected chi connectivity index (χ0v) is 12.2. The molecule has 0 bridgehead atoms. The Labute approximate surface area is 126 Å². The molecule has 0 atom stereocenters. The maximum Gasteiger partial charge on any atom is 0.262 e. The first-order valence-electron chi connectivity index (χ1n) is 6.77.